The van der Waals surface area contributed by atoms with Gasteiger partial charge in [-0.15, -0.1) is 0 Å². The minimum Gasteiger partial charge on any atom is -0.452 e. The third-order valence-corrected chi connectivity index (χ3v) is 3.81. The van der Waals surface area contributed by atoms with Crippen LogP contribution >= 0.6 is 0 Å². The summed E-state index contributed by atoms with van der Waals surface area (Å²) in [5.41, 5.74) is 3.21. The summed E-state index contributed by atoms with van der Waals surface area (Å²) in [5.74, 6) is -0.644. The molecule has 0 saturated carbocycles. The molecule has 2 rings (SSSR count). The molecule has 0 aliphatic carbocycles. The number of carbonyl (C=O) groups is 2. The number of aryl methyl sites for hydroxylation is 1. The smallest absolute Gasteiger partial charge is 0.331 e. The van der Waals surface area contributed by atoms with E-state index in [1.54, 1.807) is 6.08 Å². The van der Waals surface area contributed by atoms with Crippen molar-refractivity contribution in [1.82, 2.24) is 5.32 Å². The van der Waals surface area contributed by atoms with Crippen LogP contribution in [-0.4, -0.2) is 25.0 Å². The van der Waals surface area contributed by atoms with Gasteiger partial charge in [-0.2, -0.15) is 0 Å². The zero-order valence-corrected chi connectivity index (χ0v) is 14.6. The second kappa shape index (κ2) is 9.42. The molecule has 0 radical (unpaired) electrons. The highest BCUT2D eigenvalue weighted by atomic mass is 16.5. The molecule has 4 nitrogen and oxygen atoms in total. The Bertz CT molecular complexity index is 721. The molecule has 0 aliphatic rings. The summed E-state index contributed by atoms with van der Waals surface area (Å²) in [4.78, 5) is 23.4. The van der Waals surface area contributed by atoms with Crippen LogP contribution in [-0.2, 0) is 14.3 Å². The fraction of sp³-hybridized carbons (Fsp3) is 0.238. The second-order valence-corrected chi connectivity index (χ2v) is 5.97. The van der Waals surface area contributed by atoms with Gasteiger partial charge in [0.1, 0.15) is 0 Å². The number of hydrogen-bond acceptors (Lipinski definition) is 3. The molecule has 0 bridgehead atoms. The number of nitrogens with one attached hydrogen (secondary N) is 1. The first kappa shape index (κ1) is 18.5. The molecule has 0 aliphatic heterocycles. The predicted octanol–water partition coefficient (Wildman–Crippen LogP) is 3.47. The molecule has 0 saturated heterocycles. The van der Waals surface area contributed by atoms with E-state index in [-0.39, 0.29) is 18.4 Å². The third kappa shape index (κ3) is 6.63. The van der Waals surface area contributed by atoms with Gasteiger partial charge in [0.15, 0.2) is 6.61 Å². The maximum Gasteiger partial charge on any atom is 0.331 e. The molecule has 0 unspecified atom stereocenters. The fourth-order valence-corrected chi connectivity index (χ4v) is 2.24. The first-order chi connectivity index (χ1) is 12.0. The van der Waals surface area contributed by atoms with Crippen LogP contribution in [0.3, 0.4) is 0 Å². The first-order valence-electron chi connectivity index (χ1n) is 8.28. The summed E-state index contributed by atoms with van der Waals surface area (Å²) in [7, 11) is 0. The Morgan fingerprint density at radius 2 is 1.76 bits per heavy atom. The molecule has 1 amide bonds. The van der Waals surface area contributed by atoms with Crippen molar-refractivity contribution < 1.29 is 14.3 Å². The largest absolute Gasteiger partial charge is 0.452 e. The van der Waals surface area contributed by atoms with Crippen molar-refractivity contribution in [1.29, 1.82) is 0 Å². The van der Waals surface area contributed by atoms with Crippen molar-refractivity contribution >= 4 is 18.0 Å². The van der Waals surface area contributed by atoms with Crippen LogP contribution in [0.15, 0.2) is 60.7 Å². The Morgan fingerprint density at radius 3 is 2.44 bits per heavy atom. The van der Waals surface area contributed by atoms with Gasteiger partial charge in [0.05, 0.1) is 0 Å². The molecule has 0 fully saturated rings. The van der Waals surface area contributed by atoms with Crippen LogP contribution in [0.2, 0.25) is 0 Å². The summed E-state index contributed by atoms with van der Waals surface area (Å²) >= 11 is 0. The fourth-order valence-electron chi connectivity index (χ4n) is 2.24. The lowest BCUT2D eigenvalue weighted by atomic mass is 10.0. The normalized spacial score (nSPS) is 11.9. The van der Waals surface area contributed by atoms with Crippen LogP contribution in [0.4, 0.5) is 0 Å². The number of hydrogen-bond donors (Lipinski definition) is 1. The lowest BCUT2D eigenvalue weighted by molar-refractivity contribution is -0.143. The van der Waals surface area contributed by atoms with Gasteiger partial charge in [0, 0.05) is 12.6 Å². The summed E-state index contributed by atoms with van der Waals surface area (Å²) in [5, 5.41) is 2.78. The van der Waals surface area contributed by atoms with E-state index in [1.807, 2.05) is 68.4 Å². The van der Waals surface area contributed by atoms with Crippen molar-refractivity contribution in [2.75, 3.05) is 13.2 Å². The number of ether oxygens (including phenoxy) is 1. The Balaban J connectivity index is 1.70. The van der Waals surface area contributed by atoms with E-state index in [0.29, 0.717) is 6.54 Å². The minimum atomic E-state index is -0.535. The molecule has 0 spiro atoms. The molecular formula is C21H23NO3. The van der Waals surface area contributed by atoms with Gasteiger partial charge in [-0.25, -0.2) is 4.79 Å². The molecular weight excluding hydrogens is 314 g/mol. The topological polar surface area (TPSA) is 55.4 Å². The monoisotopic (exact) mass is 337 g/mol. The summed E-state index contributed by atoms with van der Waals surface area (Å²) in [6.45, 7) is 4.25. The lowest BCUT2D eigenvalue weighted by Crippen LogP contribution is -2.31. The number of rotatable bonds is 7. The van der Waals surface area contributed by atoms with E-state index in [9.17, 15) is 9.59 Å². The van der Waals surface area contributed by atoms with Crippen LogP contribution < -0.4 is 5.32 Å². The molecule has 2 aromatic carbocycles. The SMILES string of the molecule is Cc1ccc(/C=C/C(=O)OCC(=O)NC[C@@H](C)c2ccccc2)cc1. The minimum absolute atomic E-state index is 0.197. The van der Waals surface area contributed by atoms with Crippen molar-refractivity contribution in [2.24, 2.45) is 0 Å². The van der Waals surface area contributed by atoms with Gasteiger partial charge in [0.2, 0.25) is 0 Å². The molecule has 25 heavy (non-hydrogen) atoms. The Kier molecular flexibility index (Phi) is 6.96. The summed E-state index contributed by atoms with van der Waals surface area (Å²) in [6.07, 6.45) is 2.99. The van der Waals surface area contributed by atoms with Crippen LogP contribution in [0.25, 0.3) is 6.08 Å². The van der Waals surface area contributed by atoms with Gasteiger partial charge in [-0.05, 0) is 30.0 Å². The van der Waals surface area contributed by atoms with Crippen molar-refractivity contribution in [3.63, 3.8) is 0 Å². The van der Waals surface area contributed by atoms with Crippen LogP contribution in [0.5, 0.6) is 0 Å². The average molecular weight is 337 g/mol. The van der Waals surface area contributed by atoms with Crippen LogP contribution in [0.1, 0.15) is 29.5 Å². The number of amides is 1. The molecule has 0 aromatic heterocycles. The van der Waals surface area contributed by atoms with Crippen molar-refractivity contribution in [3.05, 3.63) is 77.4 Å². The highest BCUT2D eigenvalue weighted by molar-refractivity contribution is 5.89. The van der Waals surface area contributed by atoms with E-state index < -0.39 is 5.97 Å². The molecule has 1 N–H and O–H groups in total. The molecule has 2 aromatic rings. The molecule has 0 heterocycles. The third-order valence-electron chi connectivity index (χ3n) is 3.81. The maximum absolute atomic E-state index is 11.8. The molecule has 130 valence electrons. The zero-order chi connectivity index (χ0) is 18.1. The van der Waals surface area contributed by atoms with E-state index in [4.69, 9.17) is 4.74 Å². The van der Waals surface area contributed by atoms with E-state index in [0.717, 1.165) is 16.7 Å². The van der Waals surface area contributed by atoms with Crippen molar-refractivity contribution in [2.45, 2.75) is 19.8 Å². The predicted molar refractivity (Wildman–Crippen MR) is 99.0 cm³/mol. The van der Waals surface area contributed by atoms with Gasteiger partial charge >= 0.3 is 5.97 Å². The van der Waals surface area contributed by atoms with E-state index in [2.05, 4.69) is 5.32 Å². The Hall–Kier alpha value is -2.88. The standard InChI is InChI=1S/C21H23NO3/c1-16-8-10-18(11-9-16)12-13-21(24)25-15-20(23)22-14-17(2)19-6-4-3-5-7-19/h3-13,17H,14-15H2,1-2H3,(H,22,23)/b13-12+/t17-/m1/s1. The number of carbonyl (C=O) groups excluding carboxylic acids is 2. The Morgan fingerprint density at radius 1 is 1.08 bits per heavy atom. The first-order valence-corrected chi connectivity index (χ1v) is 8.28. The van der Waals surface area contributed by atoms with E-state index in [1.165, 1.54) is 6.08 Å². The van der Waals surface area contributed by atoms with Crippen molar-refractivity contribution in [3.8, 4) is 0 Å². The highest BCUT2D eigenvalue weighted by Gasteiger charge is 2.09. The lowest BCUT2D eigenvalue weighted by Gasteiger charge is -2.12. The second-order valence-electron chi connectivity index (χ2n) is 5.97. The molecule has 1 atom stereocenters. The maximum atomic E-state index is 11.8. The van der Waals surface area contributed by atoms with Gasteiger partial charge in [-0.3, -0.25) is 4.79 Å². The summed E-state index contributed by atoms with van der Waals surface area (Å²) < 4.78 is 4.95. The van der Waals surface area contributed by atoms with Crippen LogP contribution in [0, 0.1) is 6.92 Å². The number of benzene rings is 2. The average Bonchev–Trinajstić information content (AvgIpc) is 2.64. The Labute approximate surface area is 148 Å². The quantitative estimate of drug-likeness (QED) is 0.622. The number of esters is 1. The van der Waals surface area contributed by atoms with Gasteiger partial charge in [0.25, 0.3) is 5.91 Å². The molecule has 4 heteroatoms. The van der Waals surface area contributed by atoms with Gasteiger partial charge < -0.3 is 10.1 Å². The highest BCUT2D eigenvalue weighted by Crippen LogP contribution is 2.12. The van der Waals surface area contributed by atoms with E-state index >= 15 is 0 Å². The van der Waals surface area contributed by atoms with Gasteiger partial charge in [-0.1, -0.05) is 67.1 Å². The summed E-state index contributed by atoms with van der Waals surface area (Å²) in [6, 6.07) is 17.7. The zero-order valence-electron chi connectivity index (χ0n) is 14.6.